The minimum Gasteiger partial charge on any atom is -0.487 e. The summed E-state index contributed by atoms with van der Waals surface area (Å²) >= 11 is 7.84. The first kappa shape index (κ1) is 24.2. The van der Waals surface area contributed by atoms with Crippen LogP contribution in [0.25, 0.3) is 10.9 Å². The summed E-state index contributed by atoms with van der Waals surface area (Å²) in [5.74, 6) is -0.116. The van der Waals surface area contributed by atoms with Crippen LogP contribution in [0.5, 0.6) is 5.75 Å². The second-order valence-corrected chi connectivity index (χ2v) is 11.4. The van der Waals surface area contributed by atoms with Crippen LogP contribution in [0.15, 0.2) is 78.0 Å². The lowest BCUT2D eigenvalue weighted by Gasteiger charge is -2.19. The Hall–Kier alpha value is -2.96. The zero-order valence-electron chi connectivity index (χ0n) is 19.4. The van der Waals surface area contributed by atoms with Gasteiger partial charge >= 0.3 is 5.97 Å². The lowest BCUT2D eigenvalue weighted by Crippen LogP contribution is -2.14. The van der Waals surface area contributed by atoms with Gasteiger partial charge in [-0.25, -0.2) is 0 Å². The van der Waals surface area contributed by atoms with E-state index in [9.17, 15) is 9.90 Å². The van der Waals surface area contributed by atoms with Crippen LogP contribution in [0.2, 0.25) is 5.02 Å². The van der Waals surface area contributed by atoms with Crippen molar-refractivity contribution in [2.24, 2.45) is 0 Å². The van der Waals surface area contributed by atoms with E-state index in [1.807, 2.05) is 48.5 Å². The Morgan fingerprint density at radius 3 is 2.56 bits per heavy atom. The van der Waals surface area contributed by atoms with Crippen LogP contribution in [0.3, 0.4) is 0 Å². The summed E-state index contributed by atoms with van der Waals surface area (Å²) in [5, 5.41) is 11.3. The van der Waals surface area contributed by atoms with Crippen molar-refractivity contribution < 1.29 is 14.6 Å². The Kier molecular flexibility index (Phi) is 7.19. The summed E-state index contributed by atoms with van der Waals surface area (Å²) in [4.78, 5) is 17.2. The van der Waals surface area contributed by atoms with E-state index in [0.29, 0.717) is 11.6 Å². The molecule has 1 unspecified atom stereocenters. The third-order valence-corrected chi connectivity index (χ3v) is 6.67. The molecule has 1 atom stereocenters. The Balaban J connectivity index is 1.77. The molecule has 0 bridgehead atoms. The minimum atomic E-state index is -0.859. The minimum absolute atomic E-state index is 0.0213. The maximum absolute atomic E-state index is 11.8. The molecule has 0 aliphatic rings. The van der Waals surface area contributed by atoms with Crippen molar-refractivity contribution in [1.29, 1.82) is 0 Å². The number of halogens is 1. The Labute approximate surface area is 208 Å². The fourth-order valence-corrected chi connectivity index (χ4v) is 5.06. The van der Waals surface area contributed by atoms with Crippen LogP contribution in [-0.2, 0) is 11.4 Å². The number of nitrogens with zero attached hydrogens (tertiary/aromatic N) is 2. The number of benzene rings is 2. The Morgan fingerprint density at radius 1 is 1.15 bits per heavy atom. The molecule has 0 radical (unpaired) electrons. The van der Waals surface area contributed by atoms with Gasteiger partial charge in [0.15, 0.2) is 0 Å². The van der Waals surface area contributed by atoms with Gasteiger partial charge in [-0.2, -0.15) is 0 Å². The van der Waals surface area contributed by atoms with Crippen LogP contribution in [0.4, 0.5) is 0 Å². The highest BCUT2D eigenvalue weighted by Crippen LogP contribution is 2.41. The molecule has 34 heavy (non-hydrogen) atoms. The van der Waals surface area contributed by atoms with Gasteiger partial charge in [0.2, 0.25) is 0 Å². The van der Waals surface area contributed by atoms with Gasteiger partial charge in [-0.05, 0) is 48.0 Å². The average Bonchev–Trinajstić information content (AvgIpc) is 3.13. The molecule has 0 spiro atoms. The third kappa shape index (κ3) is 5.93. The first-order valence-electron chi connectivity index (χ1n) is 11.0. The van der Waals surface area contributed by atoms with E-state index < -0.39 is 5.97 Å². The maximum Gasteiger partial charge on any atom is 0.305 e. The van der Waals surface area contributed by atoms with E-state index in [4.69, 9.17) is 16.3 Å². The molecular weight excluding hydrogens is 468 g/mol. The second-order valence-electron chi connectivity index (χ2n) is 9.07. The van der Waals surface area contributed by atoms with Gasteiger partial charge in [0.1, 0.15) is 12.4 Å². The molecule has 7 heteroatoms. The summed E-state index contributed by atoms with van der Waals surface area (Å²) in [6, 6.07) is 18.7. The van der Waals surface area contributed by atoms with Crippen LogP contribution >= 0.6 is 23.4 Å². The monoisotopic (exact) mass is 494 g/mol. The van der Waals surface area contributed by atoms with Crippen LogP contribution in [-0.4, -0.2) is 25.4 Å². The van der Waals surface area contributed by atoms with Gasteiger partial charge in [0.05, 0.1) is 23.7 Å². The van der Waals surface area contributed by atoms with Crippen LogP contribution < -0.4 is 4.74 Å². The zero-order chi connectivity index (χ0) is 24.3. The molecule has 4 aromatic rings. The number of pyridine rings is 1. The van der Waals surface area contributed by atoms with Gasteiger partial charge in [-0.3, -0.25) is 9.78 Å². The van der Waals surface area contributed by atoms with Crippen LogP contribution in [0.1, 0.15) is 44.5 Å². The molecule has 2 aromatic heterocycles. The Morgan fingerprint density at radius 2 is 1.91 bits per heavy atom. The number of aromatic nitrogens is 2. The average molecular weight is 495 g/mol. The number of ether oxygens (including phenoxy) is 1. The highest BCUT2D eigenvalue weighted by Gasteiger charge is 2.24. The van der Waals surface area contributed by atoms with Crippen molar-refractivity contribution in [2.75, 3.05) is 0 Å². The molecule has 0 fully saturated rings. The van der Waals surface area contributed by atoms with E-state index in [2.05, 4.69) is 36.5 Å². The quantitative estimate of drug-likeness (QED) is 0.262. The number of rotatable bonds is 8. The molecule has 0 aliphatic heterocycles. The fourth-order valence-electron chi connectivity index (χ4n) is 3.83. The van der Waals surface area contributed by atoms with Gasteiger partial charge in [0.25, 0.3) is 0 Å². The summed E-state index contributed by atoms with van der Waals surface area (Å²) < 4.78 is 8.07. The Bertz CT molecular complexity index is 1280. The molecule has 4 rings (SSSR count). The van der Waals surface area contributed by atoms with E-state index in [1.165, 1.54) is 0 Å². The molecule has 2 heterocycles. The molecule has 2 aromatic carbocycles. The molecule has 1 N–H and O–H groups in total. The van der Waals surface area contributed by atoms with Gasteiger partial charge < -0.3 is 14.4 Å². The SMILES string of the molecule is CC(C)(C)Sc1cn(C(CC(=O)O)c2ccc(Cl)cc2)c2ccc(OCc3ccccn3)cc12. The summed E-state index contributed by atoms with van der Waals surface area (Å²) in [6.07, 6.45) is 3.77. The highest BCUT2D eigenvalue weighted by molar-refractivity contribution is 8.00. The number of aliphatic carboxylic acids is 1. The lowest BCUT2D eigenvalue weighted by atomic mass is 10.0. The zero-order valence-corrected chi connectivity index (χ0v) is 20.9. The fraction of sp³-hybridized carbons (Fsp3) is 0.259. The molecular formula is C27H27ClN2O3S. The van der Waals surface area contributed by atoms with Gasteiger partial charge in [0, 0.05) is 32.4 Å². The second kappa shape index (κ2) is 10.1. The van der Waals surface area contributed by atoms with E-state index >= 15 is 0 Å². The summed E-state index contributed by atoms with van der Waals surface area (Å²) in [7, 11) is 0. The van der Waals surface area contributed by atoms with Gasteiger partial charge in [-0.15, -0.1) is 11.8 Å². The smallest absolute Gasteiger partial charge is 0.305 e. The predicted molar refractivity (Wildman–Crippen MR) is 138 cm³/mol. The van der Waals surface area contributed by atoms with Gasteiger partial charge in [-0.1, -0.05) is 50.6 Å². The normalized spacial score (nSPS) is 12.6. The summed E-state index contributed by atoms with van der Waals surface area (Å²) in [5.41, 5.74) is 2.71. The lowest BCUT2D eigenvalue weighted by molar-refractivity contribution is -0.137. The maximum atomic E-state index is 11.8. The number of carboxylic acid groups (broad SMARTS) is 1. The first-order valence-corrected chi connectivity index (χ1v) is 12.2. The summed E-state index contributed by atoms with van der Waals surface area (Å²) in [6.45, 7) is 6.86. The number of carboxylic acids is 1. The predicted octanol–water partition coefficient (Wildman–Crippen LogP) is 7.22. The topological polar surface area (TPSA) is 64.4 Å². The number of thioether (sulfide) groups is 1. The van der Waals surface area contributed by atoms with Crippen molar-refractivity contribution in [3.8, 4) is 5.75 Å². The van der Waals surface area contributed by atoms with Crippen molar-refractivity contribution in [1.82, 2.24) is 9.55 Å². The van der Waals surface area contributed by atoms with E-state index in [1.54, 1.807) is 30.1 Å². The van der Waals surface area contributed by atoms with Crippen molar-refractivity contribution in [3.05, 3.63) is 89.3 Å². The van der Waals surface area contributed by atoms with Crippen molar-refractivity contribution >= 4 is 40.2 Å². The molecule has 5 nitrogen and oxygen atoms in total. The number of carbonyl (C=O) groups is 1. The molecule has 0 aliphatic carbocycles. The molecule has 0 saturated carbocycles. The number of fused-ring (bicyclic) bond motifs is 1. The third-order valence-electron chi connectivity index (χ3n) is 5.26. The first-order chi connectivity index (χ1) is 16.2. The molecule has 0 amide bonds. The number of hydrogen-bond acceptors (Lipinski definition) is 4. The standard InChI is InChI=1S/C27H27ClN2O3S/c1-27(2,3)34-25-16-30(24(15-26(31)32)18-7-9-19(28)10-8-18)23-12-11-21(14-22(23)25)33-17-20-6-4-5-13-29-20/h4-14,16,24H,15,17H2,1-3H3,(H,31,32). The number of hydrogen-bond donors (Lipinski definition) is 1. The largest absolute Gasteiger partial charge is 0.487 e. The van der Waals surface area contributed by atoms with Crippen molar-refractivity contribution in [2.45, 2.75) is 49.5 Å². The highest BCUT2D eigenvalue weighted by atomic mass is 35.5. The molecule has 0 saturated heterocycles. The van der Waals surface area contributed by atoms with E-state index in [-0.39, 0.29) is 17.2 Å². The van der Waals surface area contributed by atoms with Crippen LogP contribution in [0, 0.1) is 0 Å². The molecule has 176 valence electrons. The van der Waals surface area contributed by atoms with Crippen molar-refractivity contribution in [3.63, 3.8) is 0 Å². The van der Waals surface area contributed by atoms with E-state index in [0.717, 1.165) is 32.8 Å².